The average Bonchev–Trinajstić information content (AvgIpc) is 3.23. The van der Waals surface area contributed by atoms with Gasteiger partial charge < -0.3 is 14.5 Å². The molecule has 1 unspecified atom stereocenters. The van der Waals surface area contributed by atoms with Crippen molar-refractivity contribution in [1.82, 2.24) is 9.88 Å². The molecule has 130 valence electrons. The second kappa shape index (κ2) is 6.87. The molecule has 2 fully saturated rings. The predicted octanol–water partition coefficient (Wildman–Crippen LogP) is 3.58. The van der Waals surface area contributed by atoms with Crippen LogP contribution in [0.5, 0.6) is 0 Å². The number of nitrogens with one attached hydrogen (secondary N) is 1. The van der Waals surface area contributed by atoms with E-state index < -0.39 is 0 Å². The van der Waals surface area contributed by atoms with Crippen molar-refractivity contribution in [2.24, 2.45) is 5.92 Å². The molecule has 4 heteroatoms. The van der Waals surface area contributed by atoms with Gasteiger partial charge in [0.25, 0.3) is 0 Å². The molecule has 4 nitrogen and oxygen atoms in total. The fourth-order valence-corrected chi connectivity index (χ4v) is 4.62. The monoisotopic (exact) mass is 328 g/mol. The summed E-state index contributed by atoms with van der Waals surface area (Å²) in [6.45, 7) is 5.08. The Bertz CT molecular complexity index is 673. The van der Waals surface area contributed by atoms with Gasteiger partial charge in [0.2, 0.25) is 0 Å². The van der Waals surface area contributed by atoms with Gasteiger partial charge in [0, 0.05) is 57.1 Å². The van der Waals surface area contributed by atoms with Crippen molar-refractivity contribution < 1.29 is 9.47 Å². The van der Waals surface area contributed by atoms with Gasteiger partial charge in [0.05, 0.1) is 5.60 Å². The molecule has 1 N–H and O–H groups in total. The number of hydrogen-bond donors (Lipinski definition) is 1. The van der Waals surface area contributed by atoms with Crippen LogP contribution in [0.3, 0.4) is 0 Å². The Labute approximate surface area is 144 Å². The summed E-state index contributed by atoms with van der Waals surface area (Å²) in [4.78, 5) is 5.90. The van der Waals surface area contributed by atoms with Crippen molar-refractivity contribution in [2.75, 3.05) is 33.4 Å². The minimum Gasteiger partial charge on any atom is -0.385 e. The molecular weight excluding hydrogens is 300 g/mol. The number of piperidine rings is 1. The lowest BCUT2D eigenvalue weighted by atomic mass is 9.78. The molecule has 2 aliphatic heterocycles. The van der Waals surface area contributed by atoms with Gasteiger partial charge >= 0.3 is 0 Å². The van der Waals surface area contributed by atoms with Crippen molar-refractivity contribution in [1.29, 1.82) is 0 Å². The first-order chi connectivity index (χ1) is 11.8. The highest BCUT2D eigenvalue weighted by atomic mass is 16.5. The van der Waals surface area contributed by atoms with Gasteiger partial charge in [-0.3, -0.25) is 4.90 Å². The zero-order valence-electron chi connectivity index (χ0n) is 14.6. The third-order valence-corrected chi connectivity index (χ3v) is 6.05. The number of aromatic nitrogens is 1. The number of rotatable bonds is 5. The zero-order valence-corrected chi connectivity index (χ0v) is 14.6. The fourth-order valence-electron chi connectivity index (χ4n) is 4.62. The fraction of sp³-hybridized carbons (Fsp3) is 0.600. The van der Waals surface area contributed by atoms with Gasteiger partial charge in [-0.25, -0.2) is 0 Å². The highest BCUT2D eigenvalue weighted by Crippen LogP contribution is 2.42. The van der Waals surface area contributed by atoms with Crippen molar-refractivity contribution in [3.8, 4) is 0 Å². The van der Waals surface area contributed by atoms with Crippen LogP contribution in [-0.4, -0.2) is 48.9 Å². The maximum Gasteiger partial charge on any atom is 0.0736 e. The molecule has 3 heterocycles. The van der Waals surface area contributed by atoms with Crippen LogP contribution >= 0.6 is 0 Å². The average molecular weight is 328 g/mol. The summed E-state index contributed by atoms with van der Waals surface area (Å²) in [6.07, 6.45) is 6.69. The van der Waals surface area contributed by atoms with Crippen LogP contribution in [-0.2, 0) is 16.0 Å². The van der Waals surface area contributed by atoms with Crippen LogP contribution in [0.2, 0.25) is 0 Å². The Morgan fingerprint density at radius 1 is 1.29 bits per heavy atom. The maximum atomic E-state index is 6.26. The highest BCUT2D eigenvalue weighted by Gasteiger charge is 2.45. The SMILES string of the molecule is COCCC1CCOC12CCN(Cc1cccc3[nH]ccc13)CC2. The number of H-pyrrole nitrogens is 1. The standard InChI is InChI=1S/C20H28N2O2/c1-23-13-6-17-7-14-24-20(17)8-11-22(12-9-20)15-16-3-2-4-19-18(16)5-10-21-19/h2-5,10,17,21H,6-9,11-15H2,1H3. The maximum absolute atomic E-state index is 6.26. The quantitative estimate of drug-likeness (QED) is 0.912. The van der Waals surface area contributed by atoms with Gasteiger partial charge in [-0.1, -0.05) is 12.1 Å². The van der Waals surface area contributed by atoms with E-state index in [-0.39, 0.29) is 5.60 Å². The molecule has 1 aromatic heterocycles. The second-order valence-corrected chi connectivity index (χ2v) is 7.31. The van der Waals surface area contributed by atoms with Crippen LogP contribution in [0.15, 0.2) is 30.5 Å². The molecule has 0 saturated carbocycles. The Balaban J connectivity index is 1.40. The van der Waals surface area contributed by atoms with Gasteiger partial charge in [-0.2, -0.15) is 0 Å². The smallest absolute Gasteiger partial charge is 0.0736 e. The molecule has 2 saturated heterocycles. The minimum atomic E-state index is 0.120. The van der Waals surface area contributed by atoms with E-state index in [1.54, 1.807) is 7.11 Å². The molecule has 2 aromatic rings. The molecule has 0 aliphatic carbocycles. The Morgan fingerprint density at radius 2 is 2.17 bits per heavy atom. The lowest BCUT2D eigenvalue weighted by Gasteiger charge is -2.42. The number of likely N-dealkylation sites (tertiary alicyclic amines) is 1. The Hall–Kier alpha value is -1.36. The van der Waals surface area contributed by atoms with E-state index in [1.165, 1.54) is 22.9 Å². The van der Waals surface area contributed by atoms with E-state index in [2.05, 4.69) is 34.1 Å². The predicted molar refractivity (Wildman–Crippen MR) is 96.1 cm³/mol. The molecular formula is C20H28N2O2. The van der Waals surface area contributed by atoms with E-state index in [4.69, 9.17) is 9.47 Å². The summed E-state index contributed by atoms with van der Waals surface area (Å²) in [5, 5.41) is 1.35. The third kappa shape index (κ3) is 2.99. The highest BCUT2D eigenvalue weighted by molar-refractivity contribution is 5.82. The van der Waals surface area contributed by atoms with Crippen LogP contribution in [0, 0.1) is 5.92 Å². The normalized spacial score (nSPS) is 24.1. The summed E-state index contributed by atoms with van der Waals surface area (Å²) >= 11 is 0. The molecule has 0 amide bonds. The van der Waals surface area contributed by atoms with E-state index in [0.717, 1.165) is 52.1 Å². The molecule has 2 aliphatic rings. The number of ether oxygens (including phenoxy) is 2. The first kappa shape index (κ1) is 16.1. The zero-order chi connectivity index (χ0) is 16.4. The van der Waals surface area contributed by atoms with Gasteiger partial charge in [-0.05, 0) is 49.3 Å². The summed E-state index contributed by atoms with van der Waals surface area (Å²) in [6, 6.07) is 8.75. The number of hydrogen-bond acceptors (Lipinski definition) is 3. The molecule has 24 heavy (non-hydrogen) atoms. The van der Waals surface area contributed by atoms with Crippen LogP contribution in [0.1, 0.15) is 31.2 Å². The summed E-state index contributed by atoms with van der Waals surface area (Å²) < 4.78 is 11.6. The molecule has 4 rings (SSSR count). The van der Waals surface area contributed by atoms with E-state index in [1.807, 2.05) is 6.20 Å². The van der Waals surface area contributed by atoms with Gasteiger partial charge in [0.15, 0.2) is 0 Å². The first-order valence-electron chi connectivity index (χ1n) is 9.21. The van der Waals surface area contributed by atoms with Gasteiger partial charge in [-0.15, -0.1) is 0 Å². The molecule has 0 bridgehead atoms. The van der Waals surface area contributed by atoms with E-state index in [0.29, 0.717) is 5.92 Å². The topological polar surface area (TPSA) is 37.5 Å². The summed E-state index contributed by atoms with van der Waals surface area (Å²) in [5.74, 6) is 0.674. The molecule has 1 spiro atoms. The largest absolute Gasteiger partial charge is 0.385 e. The van der Waals surface area contributed by atoms with Crippen molar-refractivity contribution in [3.63, 3.8) is 0 Å². The van der Waals surface area contributed by atoms with Crippen LogP contribution < -0.4 is 0 Å². The van der Waals surface area contributed by atoms with Crippen LogP contribution in [0.4, 0.5) is 0 Å². The van der Waals surface area contributed by atoms with Gasteiger partial charge in [0.1, 0.15) is 0 Å². The van der Waals surface area contributed by atoms with Crippen molar-refractivity contribution in [3.05, 3.63) is 36.0 Å². The Morgan fingerprint density at radius 3 is 3.00 bits per heavy atom. The van der Waals surface area contributed by atoms with Crippen molar-refractivity contribution >= 4 is 10.9 Å². The lowest BCUT2D eigenvalue weighted by molar-refractivity contribution is -0.0720. The number of aromatic amines is 1. The number of methoxy groups -OCH3 is 1. The third-order valence-electron chi connectivity index (χ3n) is 6.05. The molecule has 0 radical (unpaired) electrons. The van der Waals surface area contributed by atoms with Crippen molar-refractivity contribution in [2.45, 2.75) is 37.8 Å². The lowest BCUT2D eigenvalue weighted by Crippen LogP contribution is -2.47. The summed E-state index contributed by atoms with van der Waals surface area (Å²) in [7, 11) is 1.80. The minimum absolute atomic E-state index is 0.120. The molecule has 1 atom stereocenters. The summed E-state index contributed by atoms with van der Waals surface area (Å²) in [5.41, 5.74) is 2.78. The number of nitrogens with zero attached hydrogens (tertiary/aromatic N) is 1. The van der Waals surface area contributed by atoms with E-state index >= 15 is 0 Å². The van der Waals surface area contributed by atoms with E-state index in [9.17, 15) is 0 Å². The second-order valence-electron chi connectivity index (χ2n) is 7.31. The number of benzene rings is 1. The van der Waals surface area contributed by atoms with Crippen LogP contribution in [0.25, 0.3) is 10.9 Å². The first-order valence-corrected chi connectivity index (χ1v) is 9.21. The molecule has 1 aromatic carbocycles. The Kier molecular flexibility index (Phi) is 4.61. The number of fused-ring (bicyclic) bond motifs is 1.